The van der Waals surface area contributed by atoms with E-state index in [4.69, 9.17) is 16.3 Å². The van der Waals surface area contributed by atoms with Crippen LogP contribution in [0.15, 0.2) is 66.9 Å². The van der Waals surface area contributed by atoms with Crippen molar-refractivity contribution in [1.82, 2.24) is 14.8 Å². The van der Waals surface area contributed by atoms with Gasteiger partial charge in [0, 0.05) is 36.4 Å². The first-order valence-corrected chi connectivity index (χ1v) is 12.3. The minimum absolute atomic E-state index is 0.0262. The molecule has 184 valence electrons. The van der Waals surface area contributed by atoms with Crippen LogP contribution >= 0.6 is 11.6 Å². The number of carbonyl (C=O) groups is 1. The number of nitrogens with zero attached hydrogens (tertiary/aromatic N) is 3. The summed E-state index contributed by atoms with van der Waals surface area (Å²) in [7, 11) is 3.55. The highest BCUT2D eigenvalue weighted by molar-refractivity contribution is 6.30. The molecule has 6 nitrogen and oxygen atoms in total. The number of rotatable bonds is 8. The van der Waals surface area contributed by atoms with Gasteiger partial charge in [-0.3, -0.25) is 14.7 Å². The zero-order valence-corrected chi connectivity index (χ0v) is 21.0. The molecule has 0 saturated carbocycles. The molecule has 7 heteroatoms. The van der Waals surface area contributed by atoms with E-state index in [9.17, 15) is 9.90 Å². The molecule has 0 radical (unpaired) electrons. The molecule has 0 spiro atoms. The Morgan fingerprint density at radius 1 is 1.17 bits per heavy atom. The van der Waals surface area contributed by atoms with Gasteiger partial charge < -0.3 is 14.7 Å². The molecule has 1 atom stereocenters. The number of amides is 1. The number of likely N-dealkylation sites (N-methyl/N-ethyl adjacent to an activating group) is 1. The summed E-state index contributed by atoms with van der Waals surface area (Å²) in [5, 5.41) is 10.8. The summed E-state index contributed by atoms with van der Waals surface area (Å²) in [5.41, 5.74) is 2.44. The second kappa shape index (κ2) is 11.6. The van der Waals surface area contributed by atoms with Crippen LogP contribution in [0, 0.1) is 5.92 Å². The second-order valence-corrected chi connectivity index (χ2v) is 9.58. The van der Waals surface area contributed by atoms with Crippen molar-refractivity contribution in [3.05, 3.63) is 88.7 Å². The third-order valence-corrected chi connectivity index (χ3v) is 7.13. The fourth-order valence-electron chi connectivity index (χ4n) is 4.90. The van der Waals surface area contributed by atoms with Crippen LogP contribution in [-0.4, -0.2) is 59.1 Å². The van der Waals surface area contributed by atoms with Crippen molar-refractivity contribution in [2.45, 2.75) is 31.8 Å². The maximum absolute atomic E-state index is 13.3. The summed E-state index contributed by atoms with van der Waals surface area (Å²) in [6.45, 7) is 2.43. The first-order chi connectivity index (χ1) is 16.9. The average molecular weight is 494 g/mol. The number of hydrogen-bond acceptors (Lipinski definition) is 5. The maximum Gasteiger partial charge on any atom is 0.272 e. The molecule has 1 aromatic heterocycles. The first-order valence-electron chi connectivity index (χ1n) is 12.0. The van der Waals surface area contributed by atoms with E-state index < -0.39 is 0 Å². The van der Waals surface area contributed by atoms with Gasteiger partial charge in [0.2, 0.25) is 0 Å². The normalized spacial score (nSPS) is 15.5. The Bertz CT molecular complexity index is 1130. The SMILES string of the molecule is COc1cccc(CC(C2CCN(Cc3cc(Cl)ccc3O)CC2)N(C)C(=O)c2ccccn2)c1. The number of methoxy groups -OCH3 is 1. The topological polar surface area (TPSA) is 65.9 Å². The smallest absolute Gasteiger partial charge is 0.272 e. The molecule has 3 aromatic rings. The zero-order valence-electron chi connectivity index (χ0n) is 20.2. The van der Waals surface area contributed by atoms with Crippen molar-refractivity contribution < 1.29 is 14.6 Å². The molecular formula is C28H32ClN3O3. The Kier molecular flexibility index (Phi) is 8.26. The molecular weight excluding hydrogens is 462 g/mol. The Balaban J connectivity index is 1.49. The highest BCUT2D eigenvalue weighted by atomic mass is 35.5. The number of pyridine rings is 1. The van der Waals surface area contributed by atoms with Gasteiger partial charge in [-0.25, -0.2) is 0 Å². The van der Waals surface area contributed by atoms with Crippen LogP contribution < -0.4 is 4.74 Å². The van der Waals surface area contributed by atoms with E-state index in [0.717, 1.165) is 49.2 Å². The molecule has 0 aliphatic carbocycles. The Morgan fingerprint density at radius 2 is 1.97 bits per heavy atom. The number of ether oxygens (including phenoxy) is 1. The third kappa shape index (κ3) is 6.32. The number of carbonyl (C=O) groups excluding carboxylic acids is 1. The number of aromatic hydroxyl groups is 1. The average Bonchev–Trinajstić information content (AvgIpc) is 2.90. The summed E-state index contributed by atoms with van der Waals surface area (Å²) in [6, 6.07) is 18.7. The van der Waals surface area contributed by atoms with Gasteiger partial charge in [0.15, 0.2) is 0 Å². The summed E-state index contributed by atoms with van der Waals surface area (Å²) in [5.74, 6) is 1.36. The molecule has 1 aliphatic rings. The monoisotopic (exact) mass is 493 g/mol. The van der Waals surface area contributed by atoms with Gasteiger partial charge in [-0.1, -0.05) is 29.8 Å². The van der Waals surface area contributed by atoms with Gasteiger partial charge in [-0.15, -0.1) is 0 Å². The van der Waals surface area contributed by atoms with E-state index in [0.29, 0.717) is 23.2 Å². The number of hydrogen-bond donors (Lipinski definition) is 1. The van der Waals surface area contributed by atoms with Gasteiger partial charge in [-0.05, 0) is 86.3 Å². The number of halogens is 1. The van der Waals surface area contributed by atoms with Crippen LogP contribution in [0.2, 0.25) is 5.02 Å². The zero-order chi connectivity index (χ0) is 24.8. The van der Waals surface area contributed by atoms with Crippen LogP contribution in [0.25, 0.3) is 0 Å². The summed E-state index contributed by atoms with van der Waals surface area (Å²) in [4.78, 5) is 21.8. The van der Waals surface area contributed by atoms with E-state index in [1.54, 1.807) is 31.5 Å². The quantitative estimate of drug-likeness (QED) is 0.476. The van der Waals surface area contributed by atoms with Gasteiger partial charge in [0.05, 0.1) is 7.11 Å². The lowest BCUT2D eigenvalue weighted by Gasteiger charge is -2.40. The third-order valence-electron chi connectivity index (χ3n) is 6.89. The fourth-order valence-corrected chi connectivity index (χ4v) is 5.09. The lowest BCUT2D eigenvalue weighted by atomic mass is 9.84. The molecule has 2 heterocycles. The number of aromatic nitrogens is 1. The van der Waals surface area contributed by atoms with Crippen LogP contribution in [0.3, 0.4) is 0 Å². The Hall–Kier alpha value is -3.09. The van der Waals surface area contributed by atoms with Crippen molar-refractivity contribution in [2.24, 2.45) is 5.92 Å². The first kappa shape index (κ1) is 25.0. The van der Waals surface area contributed by atoms with Gasteiger partial charge >= 0.3 is 0 Å². The predicted molar refractivity (Wildman–Crippen MR) is 138 cm³/mol. The van der Waals surface area contributed by atoms with E-state index in [1.807, 2.05) is 48.3 Å². The lowest BCUT2D eigenvalue weighted by Crippen LogP contribution is -2.47. The number of phenolic OH excluding ortho intramolecular Hbond substituents is 1. The van der Waals surface area contributed by atoms with Crippen molar-refractivity contribution in [3.63, 3.8) is 0 Å². The molecule has 2 aromatic carbocycles. The molecule has 1 saturated heterocycles. The van der Waals surface area contributed by atoms with Gasteiger partial charge in [0.25, 0.3) is 5.91 Å². The summed E-state index contributed by atoms with van der Waals surface area (Å²) in [6.07, 6.45) is 4.31. The molecule has 1 N–H and O–H groups in total. The lowest BCUT2D eigenvalue weighted by molar-refractivity contribution is 0.0579. The molecule has 1 aliphatic heterocycles. The number of phenols is 1. The molecule has 1 unspecified atom stereocenters. The Labute approximate surface area is 212 Å². The molecule has 35 heavy (non-hydrogen) atoms. The summed E-state index contributed by atoms with van der Waals surface area (Å²) < 4.78 is 5.42. The van der Waals surface area contributed by atoms with E-state index >= 15 is 0 Å². The standard InChI is InChI=1S/C28H32ClN3O3/c1-31(28(34)25-8-3-4-13-30-25)26(17-20-6-5-7-24(16-20)35-2)21-11-14-32(15-12-21)19-22-18-23(29)9-10-27(22)33/h3-10,13,16,18,21,26,33H,11-12,14-15,17,19H2,1-2H3. The molecule has 1 amide bonds. The molecule has 0 bridgehead atoms. The van der Waals surface area contributed by atoms with Crippen molar-refractivity contribution in [2.75, 3.05) is 27.2 Å². The van der Waals surface area contributed by atoms with E-state index in [1.165, 1.54) is 0 Å². The van der Waals surface area contributed by atoms with Crippen molar-refractivity contribution in [3.8, 4) is 11.5 Å². The van der Waals surface area contributed by atoms with Gasteiger partial charge in [-0.2, -0.15) is 0 Å². The van der Waals surface area contributed by atoms with Crippen LogP contribution in [0.4, 0.5) is 0 Å². The van der Waals surface area contributed by atoms with Crippen molar-refractivity contribution in [1.29, 1.82) is 0 Å². The molecule has 4 rings (SSSR count). The van der Waals surface area contributed by atoms with Crippen LogP contribution in [0.5, 0.6) is 11.5 Å². The highest BCUT2D eigenvalue weighted by Crippen LogP contribution is 2.30. The second-order valence-electron chi connectivity index (χ2n) is 9.14. The number of benzene rings is 2. The Morgan fingerprint density at radius 3 is 2.69 bits per heavy atom. The number of piperidine rings is 1. The highest BCUT2D eigenvalue weighted by Gasteiger charge is 2.32. The fraction of sp³-hybridized carbons (Fsp3) is 0.357. The van der Waals surface area contributed by atoms with E-state index in [-0.39, 0.29) is 17.7 Å². The predicted octanol–water partition coefficient (Wildman–Crippen LogP) is 5.04. The summed E-state index contributed by atoms with van der Waals surface area (Å²) >= 11 is 6.13. The van der Waals surface area contributed by atoms with Crippen LogP contribution in [0.1, 0.15) is 34.5 Å². The minimum Gasteiger partial charge on any atom is -0.508 e. The minimum atomic E-state index is -0.0650. The largest absolute Gasteiger partial charge is 0.508 e. The van der Waals surface area contributed by atoms with Gasteiger partial charge in [0.1, 0.15) is 17.2 Å². The van der Waals surface area contributed by atoms with Crippen LogP contribution in [-0.2, 0) is 13.0 Å². The van der Waals surface area contributed by atoms with E-state index in [2.05, 4.69) is 16.0 Å². The maximum atomic E-state index is 13.3. The number of likely N-dealkylation sites (tertiary alicyclic amines) is 1. The molecule has 1 fully saturated rings. The van der Waals surface area contributed by atoms with Crippen molar-refractivity contribution >= 4 is 17.5 Å².